The zero-order valence-electron chi connectivity index (χ0n) is 20.7. The fraction of sp³-hybridized carbons (Fsp3) is 0.182. The number of rotatable bonds is 2. The van der Waals surface area contributed by atoms with Gasteiger partial charge in [-0.15, -0.1) is 0 Å². The van der Waals surface area contributed by atoms with Crippen LogP contribution in [0.15, 0.2) is 73.3 Å². The fourth-order valence-electron chi connectivity index (χ4n) is 3.19. The number of hydrogen-bond donors (Lipinski definition) is 0. The van der Waals surface area contributed by atoms with E-state index in [4.69, 9.17) is 0 Å². The summed E-state index contributed by atoms with van der Waals surface area (Å²) in [6, 6.07) is 13.0. The molecule has 16 heteroatoms. The number of aryl methyl sites for hydroxylation is 4. The third-order valence-electron chi connectivity index (χ3n) is 4.57. The molecule has 0 saturated heterocycles. The molecule has 2 heterocycles. The molecule has 0 bridgehead atoms. The van der Waals surface area contributed by atoms with Gasteiger partial charge in [0.05, 0.1) is 39.3 Å². The number of imidazole rings is 2. The summed E-state index contributed by atoms with van der Waals surface area (Å²) in [6.07, 6.45) is 7.88. The Hall–Kier alpha value is -3.71. The SMILES string of the molecule is Cn1cc[n+](C)c1-c1ccc(F)cc1.Cn1cc[n+](C)c1-c1ccc(F)cc1.F[B-](F)(F)F.F[B-](F)(F)F. The Labute approximate surface area is 212 Å². The molecule has 2 aromatic heterocycles. The van der Waals surface area contributed by atoms with Crippen molar-refractivity contribution in [3.05, 3.63) is 85.0 Å². The second kappa shape index (κ2) is 13.7. The van der Waals surface area contributed by atoms with E-state index < -0.39 is 14.5 Å². The first kappa shape index (κ1) is 32.3. The van der Waals surface area contributed by atoms with E-state index in [0.717, 1.165) is 22.8 Å². The Morgan fingerprint density at radius 3 is 0.947 bits per heavy atom. The maximum absolute atomic E-state index is 12.7. The average Bonchev–Trinajstić information content (AvgIpc) is 3.28. The summed E-state index contributed by atoms with van der Waals surface area (Å²) >= 11 is 0. The van der Waals surface area contributed by atoms with Crippen LogP contribution in [-0.4, -0.2) is 23.6 Å². The van der Waals surface area contributed by atoms with E-state index in [9.17, 15) is 43.3 Å². The van der Waals surface area contributed by atoms with Crippen LogP contribution < -0.4 is 9.13 Å². The largest absolute Gasteiger partial charge is 0.673 e. The molecular formula is C22H24B2F10N4. The van der Waals surface area contributed by atoms with Crippen molar-refractivity contribution in [3.8, 4) is 22.8 Å². The van der Waals surface area contributed by atoms with Gasteiger partial charge >= 0.3 is 14.5 Å². The highest BCUT2D eigenvalue weighted by Crippen LogP contribution is 2.16. The predicted molar refractivity (Wildman–Crippen MR) is 124 cm³/mol. The van der Waals surface area contributed by atoms with Gasteiger partial charge in [0, 0.05) is 0 Å². The number of halogens is 10. The van der Waals surface area contributed by atoms with Gasteiger partial charge in [0.25, 0.3) is 11.6 Å². The molecule has 0 spiro atoms. The Morgan fingerprint density at radius 1 is 0.526 bits per heavy atom. The summed E-state index contributed by atoms with van der Waals surface area (Å²) in [5.74, 6) is 1.71. The first-order valence-corrected chi connectivity index (χ1v) is 10.6. The van der Waals surface area contributed by atoms with Crippen molar-refractivity contribution in [2.24, 2.45) is 28.2 Å². The molecule has 0 saturated carbocycles. The summed E-state index contributed by atoms with van der Waals surface area (Å²) in [7, 11) is -4.12. The molecule has 0 amide bonds. The van der Waals surface area contributed by atoms with E-state index in [2.05, 4.69) is 0 Å². The standard InChI is InChI=1S/2C11H12FN2.2BF4/c2*1-13-7-8-14(2)11(13)9-3-5-10(12)6-4-9;2*2-1(3,4)5/h2*3-8H,1-2H3;;/q2*+1;2*-1. The molecular weight excluding hydrogens is 532 g/mol. The molecule has 4 nitrogen and oxygen atoms in total. The summed E-state index contributed by atoms with van der Waals surface area (Å²) < 4.78 is 111. The van der Waals surface area contributed by atoms with Crippen LogP contribution >= 0.6 is 0 Å². The molecule has 0 unspecified atom stereocenters. The van der Waals surface area contributed by atoms with Crippen molar-refractivity contribution in [3.63, 3.8) is 0 Å². The minimum Gasteiger partial charge on any atom is -0.418 e. The van der Waals surface area contributed by atoms with E-state index in [1.54, 1.807) is 24.3 Å². The highest BCUT2D eigenvalue weighted by Gasteiger charge is 2.21. The molecule has 2 aromatic carbocycles. The summed E-state index contributed by atoms with van der Waals surface area (Å²) in [4.78, 5) is 0. The third-order valence-corrected chi connectivity index (χ3v) is 4.57. The lowest BCUT2D eigenvalue weighted by Gasteiger charge is -1.98. The Balaban J connectivity index is 0.000000284. The van der Waals surface area contributed by atoms with Crippen LogP contribution in [0.3, 0.4) is 0 Å². The topological polar surface area (TPSA) is 17.6 Å². The molecule has 0 aliphatic heterocycles. The summed E-state index contributed by atoms with van der Waals surface area (Å²) in [5, 5.41) is 0. The van der Waals surface area contributed by atoms with Crippen molar-refractivity contribution in [2.75, 3.05) is 0 Å². The maximum atomic E-state index is 12.7. The lowest BCUT2D eigenvalue weighted by molar-refractivity contribution is -0.659. The summed E-state index contributed by atoms with van der Waals surface area (Å²) in [6.45, 7) is 0. The fourth-order valence-corrected chi connectivity index (χ4v) is 3.19. The Morgan fingerprint density at radius 2 is 0.763 bits per heavy atom. The first-order valence-electron chi connectivity index (χ1n) is 10.6. The zero-order valence-corrected chi connectivity index (χ0v) is 20.7. The smallest absolute Gasteiger partial charge is 0.418 e. The van der Waals surface area contributed by atoms with Crippen LogP contribution in [0.5, 0.6) is 0 Å². The lowest BCUT2D eigenvalue weighted by atomic mass is 10.2. The monoisotopic (exact) mass is 556 g/mol. The van der Waals surface area contributed by atoms with Gasteiger partial charge in [0.2, 0.25) is 0 Å². The van der Waals surface area contributed by atoms with E-state index >= 15 is 0 Å². The molecule has 0 fully saturated rings. The number of hydrogen-bond acceptors (Lipinski definition) is 0. The highest BCUT2D eigenvalue weighted by atomic mass is 19.5. The van der Waals surface area contributed by atoms with E-state index in [1.807, 2.05) is 71.2 Å². The highest BCUT2D eigenvalue weighted by molar-refractivity contribution is 6.50. The minimum atomic E-state index is -6.00. The van der Waals surface area contributed by atoms with Gasteiger partial charge in [0.1, 0.15) is 36.4 Å². The van der Waals surface area contributed by atoms with Crippen LogP contribution in [-0.2, 0) is 28.2 Å². The van der Waals surface area contributed by atoms with Gasteiger partial charge in [-0.25, -0.2) is 27.0 Å². The second-order valence-electron chi connectivity index (χ2n) is 7.69. The van der Waals surface area contributed by atoms with Crippen LogP contribution in [0, 0.1) is 11.6 Å². The van der Waals surface area contributed by atoms with Crippen molar-refractivity contribution >= 4 is 14.5 Å². The van der Waals surface area contributed by atoms with E-state index in [1.165, 1.54) is 24.3 Å². The van der Waals surface area contributed by atoms with Gasteiger partial charge in [-0.05, 0) is 48.5 Å². The van der Waals surface area contributed by atoms with Crippen LogP contribution in [0.4, 0.5) is 43.3 Å². The molecule has 0 N–H and O–H groups in total. The van der Waals surface area contributed by atoms with Gasteiger partial charge in [0.15, 0.2) is 0 Å². The molecule has 0 radical (unpaired) electrons. The van der Waals surface area contributed by atoms with Gasteiger partial charge in [-0.3, -0.25) is 0 Å². The normalized spacial score (nSPS) is 10.9. The molecule has 0 aliphatic rings. The molecule has 4 aromatic rings. The quantitative estimate of drug-likeness (QED) is 0.166. The molecule has 4 rings (SSSR count). The number of benzene rings is 2. The van der Waals surface area contributed by atoms with Gasteiger partial charge < -0.3 is 34.5 Å². The Kier molecular flexibility index (Phi) is 11.7. The van der Waals surface area contributed by atoms with Crippen molar-refractivity contribution in [1.29, 1.82) is 0 Å². The Bertz CT molecular complexity index is 1110. The van der Waals surface area contributed by atoms with Crippen LogP contribution in [0.2, 0.25) is 0 Å². The van der Waals surface area contributed by atoms with Crippen molar-refractivity contribution in [1.82, 2.24) is 9.13 Å². The van der Waals surface area contributed by atoms with Crippen LogP contribution in [0.1, 0.15) is 0 Å². The molecule has 38 heavy (non-hydrogen) atoms. The van der Waals surface area contributed by atoms with Crippen molar-refractivity contribution in [2.45, 2.75) is 0 Å². The second-order valence-corrected chi connectivity index (χ2v) is 7.69. The van der Waals surface area contributed by atoms with E-state index in [-0.39, 0.29) is 11.6 Å². The zero-order chi connectivity index (χ0) is 29.3. The van der Waals surface area contributed by atoms with Crippen LogP contribution in [0.25, 0.3) is 22.8 Å². The average molecular weight is 556 g/mol. The molecule has 208 valence electrons. The third kappa shape index (κ3) is 12.5. The predicted octanol–water partition coefficient (Wildman–Crippen LogP) is 5.91. The number of aromatic nitrogens is 4. The molecule has 0 atom stereocenters. The number of nitrogens with zero attached hydrogens (tertiary/aromatic N) is 4. The van der Waals surface area contributed by atoms with Gasteiger partial charge in [-0.1, -0.05) is 0 Å². The molecule has 0 aliphatic carbocycles. The van der Waals surface area contributed by atoms with E-state index in [0.29, 0.717) is 0 Å². The maximum Gasteiger partial charge on any atom is 0.673 e. The minimum absolute atomic E-state index is 0.203. The van der Waals surface area contributed by atoms with Crippen molar-refractivity contribution < 1.29 is 52.4 Å². The van der Waals surface area contributed by atoms with Gasteiger partial charge in [-0.2, -0.15) is 0 Å². The first-order chi connectivity index (χ1) is 17.4. The summed E-state index contributed by atoms with van der Waals surface area (Å²) in [5.41, 5.74) is 2.03. The lowest BCUT2D eigenvalue weighted by Crippen LogP contribution is -2.28.